The number of nitrogens with zero attached hydrogens (tertiary/aromatic N) is 2. The van der Waals surface area contributed by atoms with Gasteiger partial charge < -0.3 is 4.74 Å². The van der Waals surface area contributed by atoms with E-state index in [4.69, 9.17) is 10.6 Å². The van der Waals surface area contributed by atoms with Crippen molar-refractivity contribution in [2.24, 2.45) is 5.84 Å². The monoisotopic (exact) mass is 306 g/mol. The molecular weight excluding hydrogens is 284 g/mol. The van der Waals surface area contributed by atoms with Crippen LogP contribution in [0.3, 0.4) is 0 Å². The van der Waals surface area contributed by atoms with Gasteiger partial charge in [0.1, 0.15) is 5.75 Å². The highest BCUT2D eigenvalue weighted by Crippen LogP contribution is 2.34. The highest BCUT2D eigenvalue weighted by Gasteiger charge is 2.24. The Morgan fingerprint density at radius 1 is 1.33 bits per heavy atom. The summed E-state index contributed by atoms with van der Waals surface area (Å²) in [7, 11) is 0. The second-order valence-corrected chi connectivity index (χ2v) is 5.95. The number of hydrazine groups is 1. The molecule has 0 spiro atoms. The van der Waals surface area contributed by atoms with Crippen molar-refractivity contribution >= 4 is 11.5 Å². The molecule has 1 aromatic heterocycles. The molecule has 0 bridgehead atoms. The van der Waals surface area contributed by atoms with E-state index in [9.17, 15) is 0 Å². The molecule has 0 aliphatic heterocycles. The molecule has 5 nitrogen and oxygen atoms in total. The molecule has 3 N–H and O–H groups in total. The lowest BCUT2D eigenvalue weighted by Gasteiger charge is -2.20. The molecule has 2 rings (SSSR count). The fourth-order valence-corrected chi connectivity index (χ4v) is 3.06. The molecule has 0 saturated carbocycles. The highest BCUT2D eigenvalue weighted by atomic mass is 32.1. The molecule has 114 valence electrons. The number of nitrogens with two attached hydrogens (primary N) is 1. The Bertz CT molecular complexity index is 570. The first-order valence-corrected chi connectivity index (χ1v) is 7.96. The Kier molecular flexibility index (Phi) is 5.67. The number of aromatic nitrogens is 2. The van der Waals surface area contributed by atoms with E-state index in [-0.39, 0.29) is 6.04 Å². The van der Waals surface area contributed by atoms with E-state index < -0.39 is 0 Å². The molecular formula is C15H22N4OS. The zero-order valence-corrected chi connectivity index (χ0v) is 13.5. The summed E-state index contributed by atoms with van der Waals surface area (Å²) in [5.41, 5.74) is 4.88. The van der Waals surface area contributed by atoms with Gasteiger partial charge in [-0.25, -0.2) is 5.43 Å². The van der Waals surface area contributed by atoms with Crippen molar-refractivity contribution in [1.29, 1.82) is 0 Å². The van der Waals surface area contributed by atoms with Crippen LogP contribution in [0.1, 0.15) is 55.3 Å². The molecule has 0 aliphatic carbocycles. The van der Waals surface area contributed by atoms with Crippen LogP contribution in [-0.2, 0) is 0 Å². The molecule has 0 radical (unpaired) electrons. The molecule has 0 aliphatic rings. The number of hydrogen-bond donors (Lipinski definition) is 2. The quantitative estimate of drug-likeness (QED) is 0.607. The molecule has 21 heavy (non-hydrogen) atoms. The number of rotatable bonds is 7. The van der Waals surface area contributed by atoms with Crippen LogP contribution in [0.15, 0.2) is 24.3 Å². The van der Waals surface area contributed by atoms with Crippen LogP contribution in [0.2, 0.25) is 0 Å². The van der Waals surface area contributed by atoms with Crippen molar-refractivity contribution in [3.63, 3.8) is 0 Å². The molecule has 1 unspecified atom stereocenters. The Morgan fingerprint density at radius 2 is 2.10 bits per heavy atom. The number of benzene rings is 1. The average molecular weight is 306 g/mol. The number of ether oxygens (including phenoxy) is 1. The second-order valence-electron chi connectivity index (χ2n) is 5.16. The summed E-state index contributed by atoms with van der Waals surface area (Å²) < 4.78 is 9.92. The van der Waals surface area contributed by atoms with Gasteiger partial charge in [-0.3, -0.25) is 5.84 Å². The lowest BCUT2D eigenvalue weighted by Crippen LogP contribution is -2.29. The summed E-state index contributed by atoms with van der Waals surface area (Å²) in [5, 5.41) is 4.23. The Morgan fingerprint density at radius 3 is 2.76 bits per heavy atom. The molecule has 1 aromatic carbocycles. The Balaban J connectivity index is 2.39. The van der Waals surface area contributed by atoms with E-state index in [1.165, 1.54) is 11.5 Å². The molecule has 1 atom stereocenters. The van der Waals surface area contributed by atoms with Gasteiger partial charge in [-0.15, -0.1) is 5.10 Å². The van der Waals surface area contributed by atoms with Gasteiger partial charge in [0.15, 0.2) is 0 Å². The van der Waals surface area contributed by atoms with E-state index in [1.54, 1.807) is 0 Å². The molecule has 6 heteroatoms. The summed E-state index contributed by atoms with van der Waals surface area (Å²) in [6.45, 7) is 6.98. The lowest BCUT2D eigenvalue weighted by molar-refractivity contribution is 0.312. The Labute approximate surface area is 129 Å². The van der Waals surface area contributed by atoms with E-state index in [0.717, 1.165) is 28.3 Å². The SMILES string of the molecule is CCCOc1ccccc1C(NN)c1snnc1C(C)C. The summed E-state index contributed by atoms with van der Waals surface area (Å²) in [4.78, 5) is 1.04. The minimum absolute atomic E-state index is 0.157. The second kappa shape index (κ2) is 7.49. The van der Waals surface area contributed by atoms with Crippen molar-refractivity contribution < 1.29 is 4.74 Å². The van der Waals surface area contributed by atoms with Crippen LogP contribution >= 0.6 is 11.5 Å². The Hall–Kier alpha value is -1.50. The van der Waals surface area contributed by atoms with Crippen LogP contribution in [-0.4, -0.2) is 16.2 Å². The maximum Gasteiger partial charge on any atom is 0.124 e. The van der Waals surface area contributed by atoms with Crippen molar-refractivity contribution in [2.75, 3.05) is 6.61 Å². The minimum atomic E-state index is -0.157. The van der Waals surface area contributed by atoms with Gasteiger partial charge in [0.25, 0.3) is 0 Å². The first kappa shape index (κ1) is 15.9. The first-order valence-electron chi connectivity index (χ1n) is 7.19. The third kappa shape index (κ3) is 3.58. The van der Waals surface area contributed by atoms with Crippen LogP contribution in [0.25, 0.3) is 0 Å². The third-order valence-corrected chi connectivity index (χ3v) is 4.01. The van der Waals surface area contributed by atoms with Crippen LogP contribution < -0.4 is 16.0 Å². The standard InChI is InChI=1S/C15H22N4OS/c1-4-9-20-12-8-6-5-7-11(12)14(17-16)15-13(10(2)3)18-19-21-15/h5-8,10,14,17H,4,9,16H2,1-3H3. The van der Waals surface area contributed by atoms with Crippen molar-refractivity contribution in [3.05, 3.63) is 40.4 Å². The van der Waals surface area contributed by atoms with E-state index >= 15 is 0 Å². The van der Waals surface area contributed by atoms with Gasteiger partial charge in [-0.2, -0.15) is 0 Å². The number of para-hydroxylation sites is 1. The normalized spacial score (nSPS) is 12.6. The smallest absolute Gasteiger partial charge is 0.124 e. The van der Waals surface area contributed by atoms with Crippen molar-refractivity contribution in [2.45, 2.75) is 39.2 Å². The largest absolute Gasteiger partial charge is 0.493 e. The molecule has 2 aromatic rings. The molecule has 0 saturated heterocycles. The number of nitrogens with one attached hydrogen (secondary N) is 1. The fourth-order valence-electron chi connectivity index (χ4n) is 2.17. The fraction of sp³-hybridized carbons (Fsp3) is 0.467. The predicted octanol–water partition coefficient (Wildman–Crippen LogP) is 3.00. The topological polar surface area (TPSA) is 73.1 Å². The van der Waals surface area contributed by atoms with Crippen molar-refractivity contribution in [1.82, 2.24) is 15.0 Å². The van der Waals surface area contributed by atoms with Gasteiger partial charge in [0, 0.05) is 5.56 Å². The van der Waals surface area contributed by atoms with Crippen LogP contribution in [0, 0.1) is 0 Å². The zero-order chi connectivity index (χ0) is 15.2. The summed E-state index contributed by atoms with van der Waals surface area (Å²) in [6, 6.07) is 7.80. The third-order valence-electron chi connectivity index (χ3n) is 3.21. The maximum atomic E-state index is 5.84. The highest BCUT2D eigenvalue weighted by molar-refractivity contribution is 7.05. The number of hydrogen-bond acceptors (Lipinski definition) is 6. The zero-order valence-electron chi connectivity index (χ0n) is 12.7. The van der Waals surface area contributed by atoms with Crippen molar-refractivity contribution in [3.8, 4) is 5.75 Å². The average Bonchev–Trinajstić information content (AvgIpc) is 2.96. The lowest BCUT2D eigenvalue weighted by atomic mass is 10.00. The van der Waals surface area contributed by atoms with Gasteiger partial charge in [0.05, 0.1) is 23.2 Å². The molecule has 0 amide bonds. The van der Waals surface area contributed by atoms with Crippen LogP contribution in [0.4, 0.5) is 0 Å². The van der Waals surface area contributed by atoms with Gasteiger partial charge in [-0.05, 0) is 29.9 Å². The molecule has 1 heterocycles. The van der Waals surface area contributed by atoms with E-state index in [1.807, 2.05) is 24.3 Å². The summed E-state index contributed by atoms with van der Waals surface area (Å²) in [6.07, 6.45) is 0.967. The minimum Gasteiger partial charge on any atom is -0.493 e. The van der Waals surface area contributed by atoms with Gasteiger partial charge >= 0.3 is 0 Å². The van der Waals surface area contributed by atoms with Crippen LogP contribution in [0.5, 0.6) is 5.75 Å². The first-order chi connectivity index (χ1) is 10.2. The van der Waals surface area contributed by atoms with Gasteiger partial charge in [-0.1, -0.05) is 43.5 Å². The summed E-state index contributed by atoms with van der Waals surface area (Å²) in [5.74, 6) is 6.96. The summed E-state index contributed by atoms with van der Waals surface area (Å²) >= 11 is 1.38. The molecule has 0 fully saturated rings. The predicted molar refractivity (Wildman–Crippen MR) is 85.4 cm³/mol. The van der Waals surface area contributed by atoms with E-state index in [0.29, 0.717) is 12.5 Å². The van der Waals surface area contributed by atoms with Gasteiger partial charge in [0.2, 0.25) is 0 Å². The maximum absolute atomic E-state index is 5.84. The van der Waals surface area contributed by atoms with E-state index in [2.05, 4.69) is 35.8 Å².